The Bertz CT molecular complexity index is 453. The van der Waals surface area contributed by atoms with Gasteiger partial charge in [-0.25, -0.2) is 0 Å². The molecular formula is C10H13N3O3S2. The maximum Gasteiger partial charge on any atom is 0.313 e. The van der Waals surface area contributed by atoms with E-state index >= 15 is 0 Å². The van der Waals surface area contributed by atoms with Gasteiger partial charge in [-0.05, 0) is 19.3 Å². The van der Waals surface area contributed by atoms with Crippen molar-refractivity contribution in [1.29, 1.82) is 0 Å². The zero-order valence-electron chi connectivity index (χ0n) is 9.54. The predicted octanol–water partition coefficient (Wildman–Crippen LogP) is 1.45. The molecule has 8 heteroatoms. The average Bonchev–Trinajstić information content (AvgIpc) is 3.02. The summed E-state index contributed by atoms with van der Waals surface area (Å²) in [4.78, 5) is 10.4. The number of thioether (sulfide) groups is 1. The molecule has 3 rings (SSSR count). The van der Waals surface area contributed by atoms with Gasteiger partial charge in [0.2, 0.25) is 5.13 Å². The van der Waals surface area contributed by atoms with Gasteiger partial charge in [-0.15, -0.1) is 10.2 Å². The normalized spacial score (nSPS) is 29.7. The van der Waals surface area contributed by atoms with Crippen molar-refractivity contribution in [2.24, 2.45) is 0 Å². The zero-order chi connectivity index (χ0) is 12.5. The lowest BCUT2D eigenvalue weighted by Crippen LogP contribution is -2.30. The van der Waals surface area contributed by atoms with Crippen molar-refractivity contribution >= 4 is 34.2 Å². The molecule has 0 aliphatic carbocycles. The molecule has 0 radical (unpaired) electrons. The third-order valence-corrected chi connectivity index (χ3v) is 5.11. The average molecular weight is 287 g/mol. The maximum absolute atomic E-state index is 10.4. The number of carbonyl (C=O) groups is 1. The summed E-state index contributed by atoms with van der Waals surface area (Å²) in [7, 11) is 0. The van der Waals surface area contributed by atoms with E-state index in [2.05, 4.69) is 15.5 Å². The van der Waals surface area contributed by atoms with Crippen molar-refractivity contribution < 1.29 is 14.6 Å². The number of anilines is 1. The van der Waals surface area contributed by atoms with Gasteiger partial charge in [0.25, 0.3) is 0 Å². The topological polar surface area (TPSA) is 84.3 Å². The summed E-state index contributed by atoms with van der Waals surface area (Å²) in [6, 6.07) is 0.328. The van der Waals surface area contributed by atoms with Crippen molar-refractivity contribution in [3.05, 3.63) is 0 Å². The first-order valence-electron chi connectivity index (χ1n) is 5.81. The highest BCUT2D eigenvalue weighted by Crippen LogP contribution is 2.36. The number of aliphatic carboxylic acids is 1. The lowest BCUT2D eigenvalue weighted by molar-refractivity contribution is -0.133. The third-order valence-electron chi connectivity index (χ3n) is 3.14. The van der Waals surface area contributed by atoms with E-state index < -0.39 is 5.97 Å². The van der Waals surface area contributed by atoms with Gasteiger partial charge in [0.05, 0.1) is 24.0 Å². The van der Waals surface area contributed by atoms with Crippen molar-refractivity contribution in [2.45, 2.75) is 41.9 Å². The molecule has 1 aromatic heterocycles. The summed E-state index contributed by atoms with van der Waals surface area (Å²) in [5.74, 6) is -0.822. The van der Waals surface area contributed by atoms with Crippen LogP contribution in [0.25, 0.3) is 0 Å². The Kier molecular flexibility index (Phi) is 3.40. The molecule has 0 amide bonds. The molecular weight excluding hydrogens is 274 g/mol. The number of aromatic nitrogens is 2. The van der Waals surface area contributed by atoms with Crippen molar-refractivity contribution in [2.75, 3.05) is 11.1 Å². The molecule has 6 nitrogen and oxygen atoms in total. The first-order chi connectivity index (χ1) is 8.70. The number of fused-ring (bicyclic) bond motifs is 2. The number of carboxylic acids is 1. The molecule has 2 saturated heterocycles. The number of hydrogen-bond acceptors (Lipinski definition) is 7. The van der Waals surface area contributed by atoms with E-state index in [1.807, 2.05) is 0 Å². The van der Waals surface area contributed by atoms with Crippen LogP contribution in [0.5, 0.6) is 0 Å². The fourth-order valence-electron chi connectivity index (χ4n) is 2.40. The van der Waals surface area contributed by atoms with Gasteiger partial charge in [-0.1, -0.05) is 23.1 Å². The first-order valence-corrected chi connectivity index (χ1v) is 7.61. The lowest BCUT2D eigenvalue weighted by atomic mass is 9.96. The maximum atomic E-state index is 10.4. The fraction of sp³-hybridized carbons (Fsp3) is 0.700. The largest absolute Gasteiger partial charge is 0.481 e. The van der Waals surface area contributed by atoms with Crippen molar-refractivity contribution in [3.63, 3.8) is 0 Å². The number of nitrogens with one attached hydrogen (secondary N) is 1. The highest BCUT2D eigenvalue weighted by molar-refractivity contribution is 8.01. The monoisotopic (exact) mass is 287 g/mol. The van der Waals surface area contributed by atoms with Crippen LogP contribution in [-0.4, -0.2) is 45.3 Å². The van der Waals surface area contributed by atoms with Gasteiger partial charge < -0.3 is 15.2 Å². The van der Waals surface area contributed by atoms with Crippen LogP contribution in [-0.2, 0) is 9.53 Å². The molecule has 2 fully saturated rings. The van der Waals surface area contributed by atoms with Crippen molar-refractivity contribution in [1.82, 2.24) is 10.2 Å². The molecule has 0 saturated carbocycles. The van der Waals surface area contributed by atoms with Crippen LogP contribution in [0.1, 0.15) is 19.3 Å². The Morgan fingerprint density at radius 2 is 2.44 bits per heavy atom. The van der Waals surface area contributed by atoms with E-state index in [1.54, 1.807) is 0 Å². The van der Waals surface area contributed by atoms with Gasteiger partial charge in [0.15, 0.2) is 4.34 Å². The van der Waals surface area contributed by atoms with Gasteiger partial charge >= 0.3 is 5.97 Å². The smallest absolute Gasteiger partial charge is 0.313 e. The van der Waals surface area contributed by atoms with E-state index in [4.69, 9.17) is 9.84 Å². The quantitative estimate of drug-likeness (QED) is 0.793. The first kappa shape index (κ1) is 12.2. The summed E-state index contributed by atoms with van der Waals surface area (Å²) >= 11 is 2.60. The Balaban J connectivity index is 1.55. The highest BCUT2D eigenvalue weighted by Gasteiger charge is 2.41. The molecule has 2 N–H and O–H groups in total. The molecule has 3 unspecified atom stereocenters. The molecule has 2 aliphatic rings. The van der Waals surface area contributed by atoms with E-state index in [1.165, 1.54) is 29.5 Å². The van der Waals surface area contributed by atoms with Crippen LogP contribution >= 0.6 is 23.1 Å². The van der Waals surface area contributed by atoms with E-state index in [0.29, 0.717) is 22.6 Å². The summed E-state index contributed by atoms with van der Waals surface area (Å²) in [6.45, 7) is 0. The molecule has 2 bridgehead atoms. The Hall–Kier alpha value is -0.860. The second kappa shape index (κ2) is 5.02. The number of rotatable bonds is 5. The minimum absolute atomic E-state index is 0.0197. The summed E-state index contributed by atoms with van der Waals surface area (Å²) in [5.41, 5.74) is 0. The molecule has 1 aromatic rings. The molecule has 2 aliphatic heterocycles. The molecule has 98 valence electrons. The van der Waals surface area contributed by atoms with Crippen LogP contribution in [0, 0.1) is 0 Å². The molecule has 3 atom stereocenters. The summed E-state index contributed by atoms with van der Waals surface area (Å²) in [6.07, 6.45) is 4.01. The van der Waals surface area contributed by atoms with E-state index in [9.17, 15) is 4.79 Å². The molecule has 18 heavy (non-hydrogen) atoms. The second-order valence-electron chi connectivity index (χ2n) is 4.42. The highest BCUT2D eigenvalue weighted by atomic mass is 32.2. The van der Waals surface area contributed by atoms with Gasteiger partial charge in [0.1, 0.15) is 0 Å². The fourth-order valence-corrected chi connectivity index (χ4v) is 3.93. The van der Waals surface area contributed by atoms with Gasteiger partial charge in [-0.2, -0.15) is 0 Å². The standard InChI is InChI=1S/C10H13N3O3S2/c14-8(15)4-17-10-13-12-9(18-10)11-6-3-5-1-2-7(6)16-5/h5-7H,1-4H2,(H,11,12)(H,14,15). The van der Waals surface area contributed by atoms with Crippen LogP contribution in [0.3, 0.4) is 0 Å². The number of hydrogen-bond donors (Lipinski definition) is 2. The van der Waals surface area contributed by atoms with Crippen LogP contribution in [0.4, 0.5) is 5.13 Å². The van der Waals surface area contributed by atoms with E-state index in [-0.39, 0.29) is 5.75 Å². The number of ether oxygens (including phenoxy) is 1. The van der Waals surface area contributed by atoms with Crippen LogP contribution in [0.2, 0.25) is 0 Å². The van der Waals surface area contributed by atoms with Gasteiger partial charge in [0, 0.05) is 0 Å². The SMILES string of the molecule is O=C(O)CSc1nnc(NC2CC3CCC2O3)s1. The lowest BCUT2D eigenvalue weighted by Gasteiger charge is -2.18. The Morgan fingerprint density at radius 3 is 3.11 bits per heavy atom. The Morgan fingerprint density at radius 1 is 1.56 bits per heavy atom. The number of nitrogens with zero attached hydrogens (tertiary/aromatic N) is 2. The molecule has 3 heterocycles. The minimum Gasteiger partial charge on any atom is -0.481 e. The van der Waals surface area contributed by atoms with Crippen molar-refractivity contribution in [3.8, 4) is 0 Å². The second-order valence-corrected chi connectivity index (χ2v) is 6.62. The minimum atomic E-state index is -0.841. The van der Waals surface area contributed by atoms with Gasteiger partial charge in [-0.3, -0.25) is 4.79 Å². The third kappa shape index (κ3) is 2.60. The number of carboxylic acid groups (broad SMARTS) is 1. The predicted molar refractivity (Wildman–Crippen MR) is 68.2 cm³/mol. The summed E-state index contributed by atoms with van der Waals surface area (Å²) < 4.78 is 6.44. The molecule has 0 aromatic carbocycles. The zero-order valence-corrected chi connectivity index (χ0v) is 11.2. The van der Waals surface area contributed by atoms with Crippen LogP contribution in [0.15, 0.2) is 4.34 Å². The Labute approximate surface area is 112 Å². The van der Waals surface area contributed by atoms with Crippen LogP contribution < -0.4 is 5.32 Å². The molecule has 0 spiro atoms. The van der Waals surface area contributed by atoms with E-state index in [0.717, 1.165) is 18.0 Å². The summed E-state index contributed by atoms with van der Waals surface area (Å²) in [5, 5.41) is 20.7.